The Morgan fingerprint density at radius 3 is 2.45 bits per heavy atom. The van der Waals surface area contributed by atoms with Gasteiger partial charge in [-0.2, -0.15) is 0 Å². The molecule has 29 heavy (non-hydrogen) atoms. The number of sulfonamides is 1. The van der Waals surface area contributed by atoms with Gasteiger partial charge < -0.3 is 5.32 Å². The average Bonchev–Trinajstić information content (AvgIpc) is 3.14. The molecule has 7 nitrogen and oxygen atoms in total. The van der Waals surface area contributed by atoms with Crippen molar-refractivity contribution in [3.05, 3.63) is 71.0 Å². The lowest BCUT2D eigenvalue weighted by Gasteiger charge is -2.06. The SMILES string of the molecule is O=C(CCNS(=O)(=O)c1ccc(F)cc1)Nc1nnc(CCc2ccccc2)s1. The van der Waals surface area contributed by atoms with E-state index >= 15 is 0 Å². The number of benzene rings is 2. The molecule has 3 aromatic rings. The zero-order valence-corrected chi connectivity index (χ0v) is 17.0. The van der Waals surface area contributed by atoms with Crippen molar-refractivity contribution in [3.8, 4) is 0 Å². The van der Waals surface area contributed by atoms with Crippen LogP contribution in [0.5, 0.6) is 0 Å². The standard InChI is InChI=1S/C19H19FN4O3S2/c20-15-7-9-16(10-8-15)29(26,27)21-13-12-17(25)22-19-24-23-18(28-19)11-6-14-4-2-1-3-5-14/h1-5,7-10,21H,6,11-13H2,(H,22,24,25). The molecule has 2 N–H and O–H groups in total. The number of anilines is 1. The van der Waals surface area contributed by atoms with Gasteiger partial charge in [0.25, 0.3) is 0 Å². The lowest BCUT2D eigenvalue weighted by atomic mass is 10.1. The van der Waals surface area contributed by atoms with E-state index in [4.69, 9.17) is 0 Å². The zero-order valence-electron chi connectivity index (χ0n) is 15.3. The first-order valence-corrected chi connectivity index (χ1v) is 11.1. The van der Waals surface area contributed by atoms with Crippen LogP contribution in [0.15, 0.2) is 59.5 Å². The highest BCUT2D eigenvalue weighted by atomic mass is 32.2. The fourth-order valence-electron chi connectivity index (χ4n) is 2.48. The molecule has 152 valence electrons. The van der Waals surface area contributed by atoms with Crippen LogP contribution in [0.2, 0.25) is 0 Å². The molecule has 0 aliphatic carbocycles. The Balaban J connectivity index is 1.44. The number of aryl methyl sites for hydroxylation is 2. The number of hydrogen-bond donors (Lipinski definition) is 2. The highest BCUT2D eigenvalue weighted by Crippen LogP contribution is 2.17. The maximum absolute atomic E-state index is 12.9. The largest absolute Gasteiger partial charge is 0.300 e. The number of aromatic nitrogens is 2. The Morgan fingerprint density at radius 1 is 1.00 bits per heavy atom. The fraction of sp³-hybridized carbons (Fsp3) is 0.211. The van der Waals surface area contributed by atoms with Crippen LogP contribution >= 0.6 is 11.3 Å². The van der Waals surface area contributed by atoms with Gasteiger partial charge in [0.15, 0.2) is 0 Å². The first kappa shape index (κ1) is 21.0. The predicted octanol–water partition coefficient (Wildman–Crippen LogP) is 2.77. The third-order valence-corrected chi connectivity index (χ3v) is 6.33. The number of nitrogens with zero attached hydrogens (tertiary/aromatic N) is 2. The molecule has 0 saturated carbocycles. The minimum absolute atomic E-state index is 0.0634. The van der Waals surface area contributed by atoms with Crippen molar-refractivity contribution in [1.29, 1.82) is 0 Å². The van der Waals surface area contributed by atoms with Crippen molar-refractivity contribution in [2.75, 3.05) is 11.9 Å². The summed E-state index contributed by atoms with van der Waals surface area (Å²) in [5, 5.41) is 11.8. The molecule has 10 heteroatoms. The second-order valence-corrected chi connectivity index (χ2v) is 8.97. The van der Waals surface area contributed by atoms with Crippen molar-refractivity contribution in [1.82, 2.24) is 14.9 Å². The predicted molar refractivity (Wildman–Crippen MR) is 109 cm³/mol. The van der Waals surface area contributed by atoms with Crippen molar-refractivity contribution < 1.29 is 17.6 Å². The molecular weight excluding hydrogens is 415 g/mol. The normalized spacial score (nSPS) is 11.3. The molecule has 0 fully saturated rings. The Morgan fingerprint density at radius 2 is 1.72 bits per heavy atom. The fourth-order valence-corrected chi connectivity index (χ4v) is 4.27. The van der Waals surface area contributed by atoms with Crippen molar-refractivity contribution in [3.63, 3.8) is 0 Å². The summed E-state index contributed by atoms with van der Waals surface area (Å²) in [5.74, 6) is -0.902. The van der Waals surface area contributed by atoms with Gasteiger partial charge in [-0.15, -0.1) is 10.2 Å². The molecule has 0 unspecified atom stereocenters. The Labute approximate surface area is 172 Å². The van der Waals surface area contributed by atoms with E-state index in [0.717, 1.165) is 42.1 Å². The molecular formula is C19H19FN4O3S2. The van der Waals surface area contributed by atoms with E-state index in [1.54, 1.807) is 0 Å². The van der Waals surface area contributed by atoms with Gasteiger partial charge >= 0.3 is 0 Å². The summed E-state index contributed by atoms with van der Waals surface area (Å²) in [7, 11) is -3.80. The number of nitrogens with one attached hydrogen (secondary N) is 2. The van der Waals surface area contributed by atoms with Crippen LogP contribution in [0.4, 0.5) is 9.52 Å². The maximum Gasteiger partial charge on any atom is 0.240 e. The molecule has 1 aromatic heterocycles. The minimum Gasteiger partial charge on any atom is -0.300 e. The second kappa shape index (κ2) is 9.68. The van der Waals surface area contributed by atoms with E-state index in [1.165, 1.54) is 16.9 Å². The van der Waals surface area contributed by atoms with Gasteiger partial charge in [-0.05, 0) is 36.2 Å². The van der Waals surface area contributed by atoms with E-state index < -0.39 is 15.8 Å². The van der Waals surface area contributed by atoms with E-state index in [9.17, 15) is 17.6 Å². The van der Waals surface area contributed by atoms with E-state index in [2.05, 4.69) is 20.2 Å². The highest BCUT2D eigenvalue weighted by molar-refractivity contribution is 7.89. The quantitative estimate of drug-likeness (QED) is 0.539. The molecule has 0 bridgehead atoms. The lowest BCUT2D eigenvalue weighted by Crippen LogP contribution is -2.27. The third kappa shape index (κ3) is 6.41. The summed E-state index contributed by atoms with van der Waals surface area (Å²) in [5.41, 5.74) is 1.20. The number of halogens is 1. The van der Waals surface area contributed by atoms with Gasteiger partial charge in [0.05, 0.1) is 4.90 Å². The molecule has 3 rings (SSSR count). The third-order valence-electron chi connectivity index (χ3n) is 3.95. The summed E-state index contributed by atoms with van der Waals surface area (Å²) >= 11 is 1.29. The van der Waals surface area contributed by atoms with Crippen LogP contribution < -0.4 is 10.0 Å². The van der Waals surface area contributed by atoms with Crippen LogP contribution in [0.25, 0.3) is 0 Å². The Hall–Kier alpha value is -2.69. The van der Waals surface area contributed by atoms with Crippen molar-refractivity contribution in [2.24, 2.45) is 0 Å². The number of rotatable bonds is 9. The second-order valence-electron chi connectivity index (χ2n) is 6.14. The topological polar surface area (TPSA) is 101 Å². The van der Waals surface area contributed by atoms with Gasteiger partial charge in [0.2, 0.25) is 21.1 Å². The summed E-state index contributed by atoms with van der Waals surface area (Å²) < 4.78 is 39.4. The molecule has 0 aliphatic rings. The molecule has 1 amide bonds. The maximum atomic E-state index is 12.9. The van der Waals surface area contributed by atoms with Gasteiger partial charge in [0, 0.05) is 19.4 Å². The summed E-state index contributed by atoms with van der Waals surface area (Å²) in [6.45, 7) is -0.0921. The lowest BCUT2D eigenvalue weighted by molar-refractivity contribution is -0.116. The Kier molecular flexibility index (Phi) is 7.02. The average molecular weight is 435 g/mol. The summed E-state index contributed by atoms with van der Waals surface area (Å²) in [6.07, 6.45) is 1.48. The molecule has 0 saturated heterocycles. The molecule has 0 radical (unpaired) electrons. The van der Waals surface area contributed by atoms with Gasteiger partial charge in [-0.25, -0.2) is 17.5 Å². The number of hydrogen-bond acceptors (Lipinski definition) is 6. The van der Waals surface area contributed by atoms with Gasteiger partial charge in [0.1, 0.15) is 10.8 Å². The van der Waals surface area contributed by atoms with Gasteiger partial charge in [-0.1, -0.05) is 41.7 Å². The monoisotopic (exact) mass is 434 g/mol. The Bertz CT molecular complexity index is 1050. The molecule has 2 aromatic carbocycles. The summed E-state index contributed by atoms with van der Waals surface area (Å²) in [6, 6.07) is 14.4. The molecule has 1 heterocycles. The minimum atomic E-state index is -3.80. The molecule has 0 spiro atoms. The van der Waals surface area contributed by atoms with Crippen LogP contribution in [0.3, 0.4) is 0 Å². The molecule has 0 atom stereocenters. The van der Waals surface area contributed by atoms with E-state index in [1.807, 2.05) is 30.3 Å². The van der Waals surface area contributed by atoms with E-state index in [-0.39, 0.29) is 23.8 Å². The van der Waals surface area contributed by atoms with Crippen LogP contribution in [-0.4, -0.2) is 31.1 Å². The van der Waals surface area contributed by atoms with E-state index in [0.29, 0.717) is 5.13 Å². The van der Waals surface area contributed by atoms with Gasteiger partial charge in [-0.3, -0.25) is 4.79 Å². The molecule has 0 aliphatic heterocycles. The van der Waals surface area contributed by atoms with Crippen molar-refractivity contribution in [2.45, 2.75) is 24.2 Å². The highest BCUT2D eigenvalue weighted by Gasteiger charge is 2.15. The summed E-state index contributed by atoms with van der Waals surface area (Å²) in [4.78, 5) is 11.9. The first-order chi connectivity index (χ1) is 13.9. The van der Waals surface area contributed by atoms with Crippen LogP contribution in [0, 0.1) is 5.82 Å². The first-order valence-electron chi connectivity index (χ1n) is 8.84. The van der Waals surface area contributed by atoms with Crippen molar-refractivity contribution >= 4 is 32.4 Å². The van der Waals surface area contributed by atoms with Crippen LogP contribution in [0.1, 0.15) is 17.0 Å². The smallest absolute Gasteiger partial charge is 0.240 e. The number of amides is 1. The van der Waals surface area contributed by atoms with Crippen LogP contribution in [-0.2, 0) is 27.7 Å². The zero-order chi connectivity index (χ0) is 20.7. The number of carbonyl (C=O) groups excluding carboxylic acids is 1. The number of carbonyl (C=O) groups is 1.